The van der Waals surface area contributed by atoms with E-state index in [2.05, 4.69) is 0 Å². The van der Waals surface area contributed by atoms with Crippen molar-refractivity contribution in [2.45, 2.75) is 13.8 Å². The van der Waals surface area contributed by atoms with Gasteiger partial charge in [-0.2, -0.15) is 4.57 Å². The van der Waals surface area contributed by atoms with Crippen molar-refractivity contribution in [1.29, 1.82) is 0 Å². The van der Waals surface area contributed by atoms with Gasteiger partial charge >= 0.3 is 10.7 Å². The summed E-state index contributed by atoms with van der Waals surface area (Å²) in [6.45, 7) is 3.96. The molecular formula is C12H13N2O2S+. The highest BCUT2D eigenvalue weighted by Crippen LogP contribution is 2.10. The van der Waals surface area contributed by atoms with Gasteiger partial charge < -0.3 is 0 Å². The Morgan fingerprint density at radius 1 is 1.29 bits per heavy atom. The van der Waals surface area contributed by atoms with Crippen LogP contribution in [0.2, 0.25) is 0 Å². The number of aromatic nitrogens is 2. The quantitative estimate of drug-likeness (QED) is 0.592. The van der Waals surface area contributed by atoms with Crippen LogP contribution in [0.15, 0.2) is 23.3 Å². The summed E-state index contributed by atoms with van der Waals surface area (Å²) >= 11 is 0.966. The van der Waals surface area contributed by atoms with Crippen molar-refractivity contribution in [3.63, 3.8) is 0 Å². The van der Waals surface area contributed by atoms with Crippen LogP contribution in [-0.2, 0) is 7.05 Å². The number of rotatable bonds is 2. The molecule has 0 saturated carbocycles. The van der Waals surface area contributed by atoms with Gasteiger partial charge in [0, 0.05) is 0 Å². The first-order valence-corrected chi connectivity index (χ1v) is 5.99. The lowest BCUT2D eigenvalue weighted by atomic mass is 10.2. The van der Waals surface area contributed by atoms with Gasteiger partial charge in [-0.15, -0.1) is 0 Å². The minimum atomic E-state index is -0.131. The van der Waals surface area contributed by atoms with Crippen LogP contribution in [0.3, 0.4) is 0 Å². The Labute approximate surface area is 103 Å². The molecule has 2 aromatic rings. The molecule has 0 unspecified atom stereocenters. The number of carbonyl (C=O) groups is 1. The average molecular weight is 249 g/mol. The lowest BCUT2D eigenvalue weighted by Crippen LogP contribution is -2.36. The zero-order valence-corrected chi connectivity index (χ0v) is 10.7. The van der Waals surface area contributed by atoms with Crippen molar-refractivity contribution < 1.29 is 9.36 Å². The Morgan fingerprint density at radius 3 is 2.41 bits per heavy atom. The highest BCUT2D eigenvalue weighted by Gasteiger charge is 2.21. The molecule has 0 radical (unpaired) electrons. The molecule has 0 bridgehead atoms. The van der Waals surface area contributed by atoms with Gasteiger partial charge in [-0.1, -0.05) is 0 Å². The van der Waals surface area contributed by atoms with Gasteiger partial charge in [0.2, 0.25) is 0 Å². The summed E-state index contributed by atoms with van der Waals surface area (Å²) in [4.78, 5) is 22.9. The Bertz CT molecular complexity index is 620. The molecule has 0 atom stereocenters. The fourth-order valence-electron chi connectivity index (χ4n) is 1.87. The van der Waals surface area contributed by atoms with Crippen LogP contribution in [0.25, 0.3) is 5.82 Å². The summed E-state index contributed by atoms with van der Waals surface area (Å²) < 4.78 is 3.32. The number of aryl methyl sites for hydroxylation is 2. The molecule has 0 N–H and O–H groups in total. The van der Waals surface area contributed by atoms with E-state index >= 15 is 0 Å². The smallest absolute Gasteiger partial charge is 0.297 e. The van der Waals surface area contributed by atoms with Crippen LogP contribution >= 0.6 is 11.3 Å². The second-order valence-corrected chi connectivity index (χ2v) is 5.02. The van der Waals surface area contributed by atoms with E-state index in [1.54, 1.807) is 7.05 Å². The summed E-state index contributed by atoms with van der Waals surface area (Å²) in [5, 5.41) is 0. The van der Waals surface area contributed by atoms with Gasteiger partial charge in [0.25, 0.3) is 0 Å². The lowest BCUT2D eigenvalue weighted by Gasteiger charge is -2.02. The molecule has 0 spiro atoms. The van der Waals surface area contributed by atoms with Crippen molar-refractivity contribution in [2.75, 3.05) is 0 Å². The first-order chi connectivity index (χ1) is 8.02. The maximum Gasteiger partial charge on any atom is 0.392 e. The minimum absolute atomic E-state index is 0.131. The van der Waals surface area contributed by atoms with Crippen molar-refractivity contribution in [3.05, 3.63) is 44.1 Å². The van der Waals surface area contributed by atoms with Crippen molar-refractivity contribution in [3.8, 4) is 5.82 Å². The van der Waals surface area contributed by atoms with Crippen LogP contribution in [0.1, 0.15) is 20.8 Å². The van der Waals surface area contributed by atoms with E-state index in [1.807, 2.05) is 36.9 Å². The van der Waals surface area contributed by atoms with Gasteiger partial charge in [-0.3, -0.25) is 4.79 Å². The topological polar surface area (TPSA) is 42.9 Å². The largest absolute Gasteiger partial charge is 0.392 e. The number of thiazole rings is 1. The van der Waals surface area contributed by atoms with E-state index in [0.717, 1.165) is 28.7 Å². The second kappa shape index (κ2) is 4.25. The maximum absolute atomic E-state index is 11.6. The van der Waals surface area contributed by atoms with Gasteiger partial charge in [-0.25, -0.2) is 9.36 Å². The summed E-state index contributed by atoms with van der Waals surface area (Å²) in [7, 11) is 1.67. The number of pyridine rings is 1. The van der Waals surface area contributed by atoms with Crippen LogP contribution in [0.5, 0.6) is 0 Å². The third kappa shape index (κ3) is 2.06. The molecule has 0 aromatic carbocycles. The lowest BCUT2D eigenvalue weighted by molar-refractivity contribution is -0.602. The Hall–Kier alpha value is -1.75. The Kier molecular flexibility index (Phi) is 2.93. The summed E-state index contributed by atoms with van der Waals surface area (Å²) in [6.07, 6.45) is 4.54. The molecule has 0 saturated heterocycles. The SMILES string of the molecule is Cc1cc(C)c[n+](-c2c(C=O)sc(=O)n2C)c1. The minimum Gasteiger partial charge on any atom is -0.297 e. The van der Waals surface area contributed by atoms with Crippen LogP contribution in [0, 0.1) is 13.8 Å². The number of carbonyl (C=O) groups excluding carboxylic acids is 1. The van der Waals surface area contributed by atoms with E-state index < -0.39 is 0 Å². The first-order valence-electron chi connectivity index (χ1n) is 5.18. The normalized spacial score (nSPS) is 10.5. The number of hydrogen-bond donors (Lipinski definition) is 0. The standard InChI is InChI=1S/C12H13N2O2S/c1-8-4-9(2)6-14(5-8)11-10(7-15)17-12(16)13(11)3/h4-7H,1-3H3/q+1. The van der Waals surface area contributed by atoms with Crippen molar-refractivity contribution in [2.24, 2.45) is 7.05 Å². The molecule has 17 heavy (non-hydrogen) atoms. The molecule has 88 valence electrons. The number of hydrogen-bond acceptors (Lipinski definition) is 3. The molecule has 2 heterocycles. The summed E-state index contributed by atoms with van der Waals surface area (Å²) in [5.74, 6) is 0.627. The second-order valence-electron chi connectivity index (χ2n) is 4.03. The van der Waals surface area contributed by atoms with Crippen LogP contribution in [0.4, 0.5) is 0 Å². The molecule has 0 fully saturated rings. The summed E-state index contributed by atoms with van der Waals surface area (Å²) in [6, 6.07) is 2.04. The third-order valence-electron chi connectivity index (χ3n) is 2.50. The fourth-order valence-corrected chi connectivity index (χ4v) is 2.66. The van der Waals surface area contributed by atoms with E-state index in [1.165, 1.54) is 4.57 Å². The zero-order chi connectivity index (χ0) is 12.6. The van der Waals surface area contributed by atoms with Gasteiger partial charge in [0.05, 0.1) is 19.4 Å². The van der Waals surface area contributed by atoms with Crippen LogP contribution < -0.4 is 9.44 Å². The van der Waals surface area contributed by atoms with E-state index in [4.69, 9.17) is 0 Å². The predicted molar refractivity (Wildman–Crippen MR) is 66.0 cm³/mol. The predicted octanol–water partition coefficient (Wildman–Crippen LogP) is 1.15. The molecule has 5 heteroatoms. The van der Waals surface area contributed by atoms with Crippen LogP contribution in [-0.4, -0.2) is 10.9 Å². The molecular weight excluding hydrogens is 236 g/mol. The average Bonchev–Trinajstić information content (AvgIpc) is 2.53. The number of aldehydes is 1. The molecule has 2 rings (SSSR count). The van der Waals surface area contributed by atoms with E-state index in [0.29, 0.717) is 10.7 Å². The maximum atomic E-state index is 11.6. The Morgan fingerprint density at radius 2 is 1.88 bits per heavy atom. The molecule has 0 aliphatic carbocycles. The molecule has 2 aromatic heterocycles. The van der Waals surface area contributed by atoms with Crippen molar-refractivity contribution >= 4 is 17.6 Å². The monoisotopic (exact) mass is 249 g/mol. The zero-order valence-electron chi connectivity index (χ0n) is 9.93. The van der Waals surface area contributed by atoms with Gasteiger partial charge in [0.15, 0.2) is 11.2 Å². The summed E-state index contributed by atoms with van der Waals surface area (Å²) in [5.41, 5.74) is 2.17. The fraction of sp³-hybridized carbons (Fsp3) is 0.250. The van der Waals surface area contributed by atoms with Gasteiger partial charge in [-0.05, 0) is 42.4 Å². The first kappa shape index (κ1) is 11.7. The van der Waals surface area contributed by atoms with E-state index in [-0.39, 0.29) is 4.87 Å². The van der Waals surface area contributed by atoms with Gasteiger partial charge in [0.1, 0.15) is 0 Å². The highest BCUT2D eigenvalue weighted by atomic mass is 32.1. The van der Waals surface area contributed by atoms with E-state index in [9.17, 15) is 9.59 Å². The third-order valence-corrected chi connectivity index (χ3v) is 3.45. The molecule has 0 aliphatic rings. The molecule has 4 nitrogen and oxygen atoms in total. The van der Waals surface area contributed by atoms with Crippen molar-refractivity contribution in [1.82, 2.24) is 4.57 Å². The molecule has 0 amide bonds. The highest BCUT2D eigenvalue weighted by molar-refractivity contribution is 7.11. The number of nitrogens with zero attached hydrogens (tertiary/aromatic N) is 2. The molecule has 0 aliphatic heterocycles. The Balaban J connectivity index is 2.75.